The number of nitrogens with two attached hydrogens (primary N) is 1. The van der Waals surface area contributed by atoms with Gasteiger partial charge in [0.25, 0.3) is 5.91 Å². The van der Waals surface area contributed by atoms with E-state index in [1.807, 2.05) is 12.1 Å². The maximum Gasteiger partial charge on any atom is 0.261 e. The number of nitrogens with zero attached hydrogens (tertiary/aromatic N) is 2. The van der Waals surface area contributed by atoms with Crippen LogP contribution in [-0.4, -0.2) is 23.8 Å². The molecule has 27 heavy (non-hydrogen) atoms. The van der Waals surface area contributed by atoms with Crippen molar-refractivity contribution in [1.29, 1.82) is 0 Å². The molecule has 140 valence electrons. The summed E-state index contributed by atoms with van der Waals surface area (Å²) in [5, 5.41) is 0. The van der Waals surface area contributed by atoms with Gasteiger partial charge in [0.15, 0.2) is 11.5 Å². The minimum absolute atomic E-state index is 0.00768. The second kappa shape index (κ2) is 6.84. The molecule has 0 spiro atoms. The van der Waals surface area contributed by atoms with Gasteiger partial charge in [-0.2, -0.15) is 0 Å². The Balaban J connectivity index is 1.84. The number of hydrogen-bond acceptors (Lipinski definition) is 3. The monoisotopic (exact) mass is 361 g/mol. The predicted octanol–water partition coefficient (Wildman–Crippen LogP) is 4.22. The van der Waals surface area contributed by atoms with Gasteiger partial charge in [-0.3, -0.25) is 9.69 Å². The number of rotatable bonds is 3. The molecule has 1 unspecified atom stereocenters. The lowest BCUT2D eigenvalue weighted by Crippen LogP contribution is -2.45. The van der Waals surface area contributed by atoms with Crippen LogP contribution in [0.4, 0.5) is 0 Å². The normalized spacial score (nSPS) is 23.6. The van der Waals surface area contributed by atoms with E-state index in [1.54, 1.807) is 7.05 Å². The van der Waals surface area contributed by atoms with Gasteiger partial charge in [0.05, 0.1) is 0 Å². The molecule has 0 saturated heterocycles. The number of benzene rings is 2. The average molecular weight is 361 g/mol. The molecule has 2 aromatic carbocycles. The number of hydrogen-bond donors (Lipinski definition) is 1. The van der Waals surface area contributed by atoms with E-state index in [0.717, 1.165) is 42.4 Å². The number of likely N-dealkylation sites (N-methyl/N-ethyl adjacent to an activating group) is 1. The van der Waals surface area contributed by atoms with E-state index in [2.05, 4.69) is 43.3 Å². The number of aryl methyl sites for hydroxylation is 1. The maximum absolute atomic E-state index is 13.4. The fourth-order valence-corrected chi connectivity index (χ4v) is 4.63. The Labute approximate surface area is 161 Å². The first kappa shape index (κ1) is 17.8. The lowest BCUT2D eigenvalue weighted by atomic mass is 9.70. The summed E-state index contributed by atoms with van der Waals surface area (Å²) in [4.78, 5) is 19.7. The van der Waals surface area contributed by atoms with Crippen molar-refractivity contribution in [1.82, 2.24) is 4.90 Å². The Kier molecular flexibility index (Phi) is 4.50. The van der Waals surface area contributed by atoms with Crippen LogP contribution in [0.2, 0.25) is 0 Å². The standard InChI is InChI=1S/C23H27N3O/c1-16-8-6-9-17(14-16)18-10-7-13-20(15-18)23(19-11-4-3-5-12-19)21(27)26(2)22(24)25-23/h6-10,13-15,19H,3-5,11-12H2,1-2H3,(H2,24,25). The summed E-state index contributed by atoms with van der Waals surface area (Å²) in [5.74, 6) is 0.537. The summed E-state index contributed by atoms with van der Waals surface area (Å²) in [6.45, 7) is 2.09. The molecule has 1 aliphatic carbocycles. The molecule has 2 aliphatic rings. The van der Waals surface area contributed by atoms with Gasteiger partial charge >= 0.3 is 0 Å². The van der Waals surface area contributed by atoms with Crippen LogP contribution in [0, 0.1) is 12.8 Å². The largest absolute Gasteiger partial charge is 0.369 e. The van der Waals surface area contributed by atoms with Crippen molar-refractivity contribution in [3.8, 4) is 11.1 Å². The van der Waals surface area contributed by atoms with Gasteiger partial charge in [-0.15, -0.1) is 0 Å². The van der Waals surface area contributed by atoms with Gasteiger partial charge in [-0.05, 0) is 48.4 Å². The third-order valence-corrected chi connectivity index (χ3v) is 6.12. The van der Waals surface area contributed by atoms with E-state index >= 15 is 0 Å². The highest BCUT2D eigenvalue weighted by atomic mass is 16.2. The Hall–Kier alpha value is -2.62. The van der Waals surface area contributed by atoms with Crippen molar-refractivity contribution >= 4 is 11.9 Å². The van der Waals surface area contributed by atoms with Crippen LogP contribution in [0.3, 0.4) is 0 Å². The minimum Gasteiger partial charge on any atom is -0.369 e. The van der Waals surface area contributed by atoms with Crippen molar-refractivity contribution in [2.45, 2.75) is 44.6 Å². The molecule has 1 fully saturated rings. The fraction of sp³-hybridized carbons (Fsp3) is 0.391. The highest BCUT2D eigenvalue weighted by molar-refractivity contribution is 6.07. The molecule has 1 saturated carbocycles. The van der Waals surface area contributed by atoms with Crippen molar-refractivity contribution in [3.05, 3.63) is 59.7 Å². The maximum atomic E-state index is 13.4. The minimum atomic E-state index is -0.876. The number of carbonyl (C=O) groups is 1. The zero-order chi connectivity index (χ0) is 19.0. The molecular formula is C23H27N3O. The Morgan fingerprint density at radius 2 is 1.70 bits per heavy atom. The van der Waals surface area contributed by atoms with Gasteiger partial charge in [-0.1, -0.05) is 67.3 Å². The molecule has 0 aromatic heterocycles. The molecule has 4 nitrogen and oxygen atoms in total. The topological polar surface area (TPSA) is 58.7 Å². The lowest BCUT2D eigenvalue weighted by molar-refractivity contribution is -0.133. The van der Waals surface area contributed by atoms with Crippen LogP contribution in [0.15, 0.2) is 53.5 Å². The SMILES string of the molecule is Cc1cccc(-c2cccc(C3(C4CCCCC4)N=C(N)N(C)C3=O)c2)c1. The number of carbonyl (C=O) groups excluding carboxylic acids is 1. The fourth-order valence-electron chi connectivity index (χ4n) is 4.63. The Morgan fingerprint density at radius 3 is 2.33 bits per heavy atom. The summed E-state index contributed by atoms with van der Waals surface area (Å²) in [6.07, 6.45) is 5.57. The average Bonchev–Trinajstić information content (AvgIpc) is 2.94. The quantitative estimate of drug-likeness (QED) is 0.889. The van der Waals surface area contributed by atoms with Crippen LogP contribution in [0.1, 0.15) is 43.2 Å². The van der Waals surface area contributed by atoms with Crippen LogP contribution in [-0.2, 0) is 10.3 Å². The molecule has 2 aromatic rings. The zero-order valence-corrected chi connectivity index (χ0v) is 16.1. The molecule has 4 rings (SSSR count). The van der Waals surface area contributed by atoms with Crippen LogP contribution < -0.4 is 5.73 Å². The van der Waals surface area contributed by atoms with Crippen molar-refractivity contribution in [3.63, 3.8) is 0 Å². The predicted molar refractivity (Wildman–Crippen MR) is 109 cm³/mol. The second-order valence-electron chi connectivity index (χ2n) is 7.89. The highest BCUT2D eigenvalue weighted by Gasteiger charge is 2.53. The molecule has 0 bridgehead atoms. The van der Waals surface area contributed by atoms with Crippen LogP contribution >= 0.6 is 0 Å². The summed E-state index contributed by atoms with van der Waals surface area (Å²) in [6, 6.07) is 16.8. The Bertz CT molecular complexity index is 898. The summed E-state index contributed by atoms with van der Waals surface area (Å²) in [7, 11) is 1.73. The molecule has 1 amide bonds. The molecule has 0 radical (unpaired) electrons. The number of amides is 1. The lowest BCUT2D eigenvalue weighted by Gasteiger charge is -2.36. The third-order valence-electron chi connectivity index (χ3n) is 6.12. The molecule has 1 heterocycles. The van der Waals surface area contributed by atoms with Crippen molar-refractivity contribution < 1.29 is 4.79 Å². The zero-order valence-electron chi connectivity index (χ0n) is 16.1. The Morgan fingerprint density at radius 1 is 1.04 bits per heavy atom. The summed E-state index contributed by atoms with van der Waals surface area (Å²) < 4.78 is 0. The van der Waals surface area contributed by atoms with Gasteiger partial charge < -0.3 is 5.73 Å². The van der Waals surface area contributed by atoms with Crippen LogP contribution in [0.5, 0.6) is 0 Å². The van der Waals surface area contributed by atoms with Crippen molar-refractivity contribution in [2.24, 2.45) is 16.6 Å². The third kappa shape index (κ3) is 2.93. The van der Waals surface area contributed by atoms with E-state index in [0.29, 0.717) is 5.96 Å². The highest BCUT2D eigenvalue weighted by Crippen LogP contribution is 2.46. The van der Waals surface area contributed by atoms with Gasteiger partial charge in [0.1, 0.15) is 0 Å². The first-order valence-corrected chi connectivity index (χ1v) is 9.83. The van der Waals surface area contributed by atoms with E-state index in [1.165, 1.54) is 16.9 Å². The van der Waals surface area contributed by atoms with Gasteiger partial charge in [0.2, 0.25) is 0 Å². The van der Waals surface area contributed by atoms with E-state index < -0.39 is 5.54 Å². The first-order chi connectivity index (χ1) is 13.0. The first-order valence-electron chi connectivity index (χ1n) is 9.83. The van der Waals surface area contributed by atoms with Crippen molar-refractivity contribution in [2.75, 3.05) is 7.05 Å². The van der Waals surface area contributed by atoms with Crippen LogP contribution in [0.25, 0.3) is 11.1 Å². The van der Waals surface area contributed by atoms with Gasteiger partial charge in [0, 0.05) is 7.05 Å². The summed E-state index contributed by atoms with van der Waals surface area (Å²) in [5.41, 5.74) is 9.69. The summed E-state index contributed by atoms with van der Waals surface area (Å²) >= 11 is 0. The molecular weight excluding hydrogens is 334 g/mol. The molecule has 1 aliphatic heterocycles. The molecule has 1 atom stereocenters. The van der Waals surface area contributed by atoms with E-state index in [9.17, 15) is 4.79 Å². The van der Waals surface area contributed by atoms with E-state index in [-0.39, 0.29) is 11.8 Å². The number of guanidine groups is 1. The second-order valence-corrected chi connectivity index (χ2v) is 7.89. The molecule has 2 N–H and O–H groups in total. The van der Waals surface area contributed by atoms with Gasteiger partial charge in [-0.25, -0.2) is 4.99 Å². The van der Waals surface area contributed by atoms with E-state index in [4.69, 9.17) is 10.7 Å². The smallest absolute Gasteiger partial charge is 0.261 e. The number of aliphatic imine (C=N–C) groups is 1. The molecule has 4 heteroatoms.